The number of aliphatic carboxylic acids is 1. The third-order valence-corrected chi connectivity index (χ3v) is 1.65. The average Bonchev–Trinajstić information content (AvgIpc) is 2.12. The first-order chi connectivity index (χ1) is 6.57. The van der Waals surface area contributed by atoms with Crippen LogP contribution >= 0.6 is 0 Å². The average molecular weight is 188 g/mol. The van der Waals surface area contributed by atoms with Gasteiger partial charge in [-0.15, -0.1) is 0 Å². The molecule has 2 N–H and O–H groups in total. The summed E-state index contributed by atoms with van der Waals surface area (Å²) in [6.07, 6.45) is 2.70. The summed E-state index contributed by atoms with van der Waals surface area (Å²) >= 11 is 0. The summed E-state index contributed by atoms with van der Waals surface area (Å²) in [5.74, 6) is -1.26. The third kappa shape index (κ3) is 6.13. The van der Waals surface area contributed by atoms with E-state index in [9.17, 15) is 9.59 Å². The van der Waals surface area contributed by atoms with Gasteiger partial charge < -0.3 is 10.4 Å². The summed E-state index contributed by atoms with van der Waals surface area (Å²) in [6, 6.07) is -0.821. The molecule has 0 unspecified atom stereocenters. The topological polar surface area (TPSA) is 66.4 Å². The van der Waals surface area contributed by atoms with Crippen LogP contribution in [0, 0.1) is 0 Å². The van der Waals surface area contributed by atoms with E-state index < -0.39 is 12.0 Å². The molecule has 1 amide bonds. The SMILES string of the molecule is [2H]CCCCCC(=O)N[C@@H](C)C(=O)O. The Morgan fingerprint density at radius 2 is 2.23 bits per heavy atom. The van der Waals surface area contributed by atoms with Gasteiger partial charge in [0.1, 0.15) is 6.04 Å². The monoisotopic (exact) mass is 188 g/mol. The predicted octanol–water partition coefficient (Wildman–Crippen LogP) is 1.16. The fraction of sp³-hybridized carbons (Fsp3) is 0.778. The summed E-state index contributed by atoms with van der Waals surface area (Å²) < 4.78 is 6.88. The number of nitrogens with one attached hydrogen (secondary N) is 1. The zero-order valence-electron chi connectivity index (χ0n) is 8.88. The highest BCUT2D eigenvalue weighted by molar-refractivity contribution is 5.83. The maximum absolute atomic E-state index is 11.1. The van der Waals surface area contributed by atoms with Crippen molar-refractivity contribution in [1.82, 2.24) is 5.32 Å². The van der Waals surface area contributed by atoms with Gasteiger partial charge in [0.05, 0.1) is 0 Å². The molecule has 76 valence electrons. The lowest BCUT2D eigenvalue weighted by atomic mass is 10.2. The second-order valence-electron chi connectivity index (χ2n) is 2.94. The van der Waals surface area contributed by atoms with E-state index in [0.717, 1.165) is 19.3 Å². The Morgan fingerprint density at radius 3 is 2.77 bits per heavy atom. The Morgan fingerprint density at radius 1 is 1.54 bits per heavy atom. The zero-order chi connectivity index (χ0) is 11.0. The molecule has 0 aliphatic rings. The predicted molar refractivity (Wildman–Crippen MR) is 49.4 cm³/mol. The largest absolute Gasteiger partial charge is 0.480 e. The minimum atomic E-state index is -1.02. The lowest BCUT2D eigenvalue weighted by Crippen LogP contribution is -2.38. The van der Waals surface area contributed by atoms with Gasteiger partial charge in [-0.25, -0.2) is 0 Å². The molecule has 0 spiro atoms. The molecule has 0 fully saturated rings. The molecule has 1 atom stereocenters. The molecule has 0 aromatic rings. The van der Waals surface area contributed by atoms with E-state index >= 15 is 0 Å². The van der Waals surface area contributed by atoms with Crippen molar-refractivity contribution in [1.29, 1.82) is 0 Å². The van der Waals surface area contributed by atoms with Gasteiger partial charge in [0.15, 0.2) is 0 Å². The first kappa shape index (κ1) is 10.0. The summed E-state index contributed by atoms with van der Waals surface area (Å²) in [6.45, 7) is 1.82. The van der Waals surface area contributed by atoms with Crippen molar-refractivity contribution in [2.75, 3.05) is 0 Å². The van der Waals surface area contributed by atoms with Crippen molar-refractivity contribution in [3.63, 3.8) is 0 Å². The molecule has 0 saturated carbocycles. The van der Waals surface area contributed by atoms with Crippen LogP contribution in [0.5, 0.6) is 0 Å². The van der Waals surface area contributed by atoms with Crippen LogP contribution in [0.4, 0.5) is 0 Å². The minimum absolute atomic E-state index is 0.232. The van der Waals surface area contributed by atoms with Gasteiger partial charge in [0.2, 0.25) is 5.91 Å². The van der Waals surface area contributed by atoms with E-state index in [0.29, 0.717) is 13.3 Å². The molecule has 0 radical (unpaired) electrons. The van der Waals surface area contributed by atoms with Gasteiger partial charge in [0, 0.05) is 7.79 Å². The van der Waals surface area contributed by atoms with Gasteiger partial charge in [0.25, 0.3) is 0 Å². The number of carbonyl (C=O) groups excluding carboxylic acids is 1. The lowest BCUT2D eigenvalue weighted by Gasteiger charge is -2.08. The number of rotatable bonds is 6. The number of hydrogen-bond donors (Lipinski definition) is 2. The summed E-state index contributed by atoms with van der Waals surface area (Å²) in [5, 5.41) is 10.9. The lowest BCUT2D eigenvalue weighted by molar-refractivity contribution is -0.141. The van der Waals surface area contributed by atoms with Crippen molar-refractivity contribution in [3.05, 3.63) is 0 Å². The fourth-order valence-electron chi connectivity index (χ4n) is 0.838. The standard InChI is InChI=1S/C9H17NO3/c1-3-4-5-6-8(11)10-7(2)9(12)13/h7H,3-6H2,1-2H3,(H,10,11)(H,12,13)/t7-/m0/s1/i1D. The molecule has 0 bridgehead atoms. The molecule has 0 aromatic carbocycles. The van der Waals surface area contributed by atoms with E-state index in [1.54, 1.807) is 0 Å². The van der Waals surface area contributed by atoms with Crippen molar-refractivity contribution in [3.8, 4) is 0 Å². The number of carbonyl (C=O) groups is 2. The molecule has 0 rings (SSSR count). The first-order valence-corrected chi connectivity index (χ1v) is 4.39. The van der Waals surface area contributed by atoms with Crippen LogP contribution in [0.15, 0.2) is 0 Å². The van der Waals surface area contributed by atoms with Crippen LogP contribution in [-0.2, 0) is 9.59 Å². The van der Waals surface area contributed by atoms with Gasteiger partial charge in [-0.05, 0) is 13.3 Å². The number of unbranched alkanes of at least 4 members (excludes halogenated alkanes) is 2. The highest BCUT2D eigenvalue weighted by atomic mass is 16.4. The molecule has 13 heavy (non-hydrogen) atoms. The maximum atomic E-state index is 11.1. The Kier molecular flexibility index (Phi) is 4.98. The third-order valence-electron chi connectivity index (χ3n) is 1.65. The molecule has 0 aliphatic heterocycles. The zero-order valence-corrected chi connectivity index (χ0v) is 7.88. The number of amides is 1. The molecule has 0 heterocycles. The fourth-order valence-corrected chi connectivity index (χ4v) is 0.838. The molecule has 0 aromatic heterocycles. The number of hydrogen-bond acceptors (Lipinski definition) is 2. The summed E-state index contributed by atoms with van der Waals surface area (Å²) in [7, 11) is 0. The van der Waals surface area contributed by atoms with Crippen LogP contribution in [0.3, 0.4) is 0 Å². The Hall–Kier alpha value is -1.06. The van der Waals surface area contributed by atoms with Crippen molar-refractivity contribution in [2.45, 2.75) is 45.5 Å². The Labute approximate surface area is 79.7 Å². The van der Waals surface area contributed by atoms with Crippen molar-refractivity contribution >= 4 is 11.9 Å². The van der Waals surface area contributed by atoms with E-state index in [-0.39, 0.29) is 5.91 Å². The number of carboxylic acid groups (broad SMARTS) is 1. The molecule has 4 nitrogen and oxygen atoms in total. The van der Waals surface area contributed by atoms with Crippen molar-refractivity contribution < 1.29 is 16.1 Å². The molecular formula is C9H17NO3. The molecule has 0 saturated heterocycles. The first-order valence-electron chi connectivity index (χ1n) is 5.10. The minimum Gasteiger partial charge on any atom is -0.480 e. The molecule has 0 aliphatic carbocycles. The second-order valence-corrected chi connectivity index (χ2v) is 2.94. The van der Waals surface area contributed by atoms with E-state index in [1.807, 2.05) is 0 Å². The van der Waals surface area contributed by atoms with Gasteiger partial charge >= 0.3 is 5.97 Å². The van der Waals surface area contributed by atoms with Crippen molar-refractivity contribution in [2.24, 2.45) is 0 Å². The maximum Gasteiger partial charge on any atom is 0.325 e. The highest BCUT2D eigenvalue weighted by Gasteiger charge is 2.12. The van der Waals surface area contributed by atoms with Crippen LogP contribution in [0.25, 0.3) is 0 Å². The Balaban J connectivity index is 3.50. The quantitative estimate of drug-likeness (QED) is 0.614. The smallest absolute Gasteiger partial charge is 0.325 e. The van der Waals surface area contributed by atoms with Crippen LogP contribution in [0.2, 0.25) is 0 Å². The van der Waals surface area contributed by atoms with Gasteiger partial charge in [-0.1, -0.05) is 19.7 Å². The van der Waals surface area contributed by atoms with E-state index in [1.165, 1.54) is 6.92 Å². The molecular weight excluding hydrogens is 170 g/mol. The van der Waals surface area contributed by atoms with Crippen LogP contribution in [0.1, 0.15) is 40.9 Å². The van der Waals surface area contributed by atoms with Gasteiger partial charge in [-0.3, -0.25) is 9.59 Å². The van der Waals surface area contributed by atoms with E-state index in [2.05, 4.69) is 5.32 Å². The summed E-state index contributed by atoms with van der Waals surface area (Å²) in [4.78, 5) is 21.5. The normalized spacial score (nSPS) is 13.2. The Bertz CT molecular complexity index is 196. The second kappa shape index (κ2) is 6.46. The van der Waals surface area contributed by atoms with E-state index in [4.69, 9.17) is 6.48 Å². The molecule has 4 heteroatoms. The van der Waals surface area contributed by atoms with Crippen LogP contribution in [-0.4, -0.2) is 23.0 Å². The summed E-state index contributed by atoms with van der Waals surface area (Å²) in [5.41, 5.74) is 0. The number of carboxylic acids is 1. The highest BCUT2D eigenvalue weighted by Crippen LogP contribution is 1.98. The van der Waals surface area contributed by atoms with Gasteiger partial charge in [-0.2, -0.15) is 0 Å². The van der Waals surface area contributed by atoms with Crippen LogP contribution < -0.4 is 5.32 Å².